The Morgan fingerprint density at radius 2 is 2.06 bits per heavy atom. The molecule has 0 saturated carbocycles. The van der Waals surface area contributed by atoms with E-state index in [1.807, 2.05) is 0 Å². The summed E-state index contributed by atoms with van der Waals surface area (Å²) in [6.45, 7) is 7.58. The molecule has 1 aromatic carbocycles. The molecule has 2 aliphatic heterocycles. The van der Waals surface area contributed by atoms with Crippen LogP contribution in [0.2, 0.25) is 0 Å². The molecule has 1 saturated heterocycles. The van der Waals surface area contributed by atoms with E-state index in [4.69, 9.17) is 9.47 Å². The maximum absolute atomic E-state index is 5.86. The van der Waals surface area contributed by atoms with E-state index < -0.39 is 0 Å². The van der Waals surface area contributed by atoms with E-state index in [2.05, 4.69) is 39.0 Å². The summed E-state index contributed by atoms with van der Waals surface area (Å²) < 4.78 is 11.5. The van der Waals surface area contributed by atoms with Crippen LogP contribution in [0.25, 0.3) is 0 Å². The number of rotatable bonds is 0. The van der Waals surface area contributed by atoms with Crippen molar-refractivity contribution in [1.82, 2.24) is 0 Å². The molecule has 0 N–H and O–H groups in total. The number of hydrogen-bond acceptors (Lipinski definition) is 2. The Hall–Kier alpha value is -1.02. The van der Waals surface area contributed by atoms with Crippen LogP contribution >= 0.6 is 0 Å². The van der Waals surface area contributed by atoms with Gasteiger partial charge in [-0.3, -0.25) is 0 Å². The molecule has 2 aliphatic rings. The first kappa shape index (κ1) is 11.1. The molecule has 0 radical (unpaired) electrons. The lowest BCUT2D eigenvalue weighted by Crippen LogP contribution is -2.27. The van der Waals surface area contributed by atoms with Crippen LogP contribution in [0.5, 0.6) is 5.75 Å². The van der Waals surface area contributed by atoms with E-state index in [1.165, 1.54) is 17.5 Å². The summed E-state index contributed by atoms with van der Waals surface area (Å²) in [5, 5.41) is 0. The van der Waals surface area contributed by atoms with Gasteiger partial charge in [0.1, 0.15) is 5.75 Å². The van der Waals surface area contributed by atoms with Gasteiger partial charge in [0.2, 0.25) is 6.29 Å². The van der Waals surface area contributed by atoms with Crippen molar-refractivity contribution in [3.63, 3.8) is 0 Å². The maximum atomic E-state index is 5.86. The van der Waals surface area contributed by atoms with Gasteiger partial charge in [-0.25, -0.2) is 0 Å². The van der Waals surface area contributed by atoms with Crippen molar-refractivity contribution >= 4 is 0 Å². The largest absolute Gasteiger partial charge is 0.464 e. The molecular formula is C15H20O2. The lowest BCUT2D eigenvalue weighted by Gasteiger charge is -2.24. The first-order chi connectivity index (χ1) is 8.05. The standard InChI is InChI=1S/C15H20O2/c1-15(2,3)10-6-7-13-12(9-10)11-5-4-8-16-14(11)17-13/h6-7,9,11,14H,4-5,8H2,1-3H3/t11-,14+/m1/s1. The molecule has 0 aromatic heterocycles. The first-order valence-corrected chi connectivity index (χ1v) is 6.48. The summed E-state index contributed by atoms with van der Waals surface area (Å²) >= 11 is 0. The fraction of sp³-hybridized carbons (Fsp3) is 0.600. The van der Waals surface area contributed by atoms with Crippen molar-refractivity contribution in [2.24, 2.45) is 0 Å². The Labute approximate surface area is 103 Å². The quantitative estimate of drug-likeness (QED) is 0.680. The summed E-state index contributed by atoms with van der Waals surface area (Å²) in [6.07, 6.45) is 2.29. The van der Waals surface area contributed by atoms with Crippen LogP contribution in [0.4, 0.5) is 0 Å². The van der Waals surface area contributed by atoms with Crippen LogP contribution in [0, 0.1) is 0 Å². The molecule has 2 nitrogen and oxygen atoms in total. The minimum absolute atomic E-state index is 0.0334. The average Bonchev–Trinajstić information content (AvgIpc) is 2.65. The second-order valence-corrected chi connectivity index (χ2v) is 6.11. The zero-order valence-electron chi connectivity index (χ0n) is 10.8. The van der Waals surface area contributed by atoms with Crippen LogP contribution in [0.3, 0.4) is 0 Å². The molecule has 0 aliphatic carbocycles. The molecule has 0 bridgehead atoms. The minimum atomic E-state index is -0.0334. The van der Waals surface area contributed by atoms with Gasteiger partial charge in [0, 0.05) is 5.56 Å². The number of benzene rings is 1. The highest BCUT2D eigenvalue weighted by Crippen LogP contribution is 2.44. The normalized spacial score (nSPS) is 27.2. The third-order valence-electron chi connectivity index (χ3n) is 3.79. The number of hydrogen-bond donors (Lipinski definition) is 0. The summed E-state index contributed by atoms with van der Waals surface area (Å²) in [4.78, 5) is 0. The molecule has 92 valence electrons. The van der Waals surface area contributed by atoms with Gasteiger partial charge >= 0.3 is 0 Å². The van der Waals surface area contributed by atoms with Crippen molar-refractivity contribution in [2.45, 2.75) is 51.2 Å². The summed E-state index contributed by atoms with van der Waals surface area (Å²) in [6, 6.07) is 6.60. The van der Waals surface area contributed by atoms with Gasteiger partial charge in [0.25, 0.3) is 0 Å². The lowest BCUT2D eigenvalue weighted by molar-refractivity contribution is -0.104. The van der Waals surface area contributed by atoms with Gasteiger partial charge in [-0.1, -0.05) is 32.9 Å². The van der Waals surface area contributed by atoms with Gasteiger partial charge in [-0.2, -0.15) is 0 Å². The highest BCUT2D eigenvalue weighted by molar-refractivity contribution is 5.45. The fourth-order valence-electron chi connectivity index (χ4n) is 2.71. The maximum Gasteiger partial charge on any atom is 0.206 e. The van der Waals surface area contributed by atoms with Gasteiger partial charge in [0.15, 0.2) is 0 Å². The third-order valence-corrected chi connectivity index (χ3v) is 3.79. The summed E-state index contributed by atoms with van der Waals surface area (Å²) in [5.41, 5.74) is 2.93. The molecule has 3 rings (SSSR count). The van der Waals surface area contributed by atoms with Crippen molar-refractivity contribution in [3.8, 4) is 5.75 Å². The average molecular weight is 232 g/mol. The van der Waals surface area contributed by atoms with Crippen LogP contribution in [0.15, 0.2) is 18.2 Å². The van der Waals surface area contributed by atoms with Crippen LogP contribution in [-0.4, -0.2) is 12.9 Å². The topological polar surface area (TPSA) is 18.5 Å². The molecule has 1 fully saturated rings. The second-order valence-electron chi connectivity index (χ2n) is 6.11. The monoisotopic (exact) mass is 232 g/mol. The van der Waals surface area contributed by atoms with Crippen LogP contribution < -0.4 is 4.74 Å². The molecule has 2 heteroatoms. The summed E-state index contributed by atoms with van der Waals surface area (Å²) in [7, 11) is 0. The highest BCUT2D eigenvalue weighted by atomic mass is 16.7. The molecule has 2 atom stereocenters. The number of ether oxygens (including phenoxy) is 2. The predicted octanol–water partition coefficient (Wildman–Crippen LogP) is 3.60. The Morgan fingerprint density at radius 1 is 1.24 bits per heavy atom. The van der Waals surface area contributed by atoms with Crippen LogP contribution in [0.1, 0.15) is 50.7 Å². The van der Waals surface area contributed by atoms with E-state index in [-0.39, 0.29) is 11.7 Å². The lowest BCUT2D eigenvalue weighted by atomic mass is 9.83. The molecule has 17 heavy (non-hydrogen) atoms. The van der Waals surface area contributed by atoms with Gasteiger partial charge < -0.3 is 9.47 Å². The second kappa shape index (κ2) is 3.74. The van der Waals surface area contributed by atoms with Gasteiger partial charge in [-0.15, -0.1) is 0 Å². The fourth-order valence-corrected chi connectivity index (χ4v) is 2.71. The summed E-state index contributed by atoms with van der Waals surface area (Å²) in [5.74, 6) is 1.47. The Kier molecular flexibility index (Phi) is 2.44. The zero-order valence-corrected chi connectivity index (χ0v) is 10.8. The Morgan fingerprint density at radius 3 is 2.82 bits per heavy atom. The number of fused-ring (bicyclic) bond motifs is 3. The Balaban J connectivity index is 1.99. The molecule has 0 unspecified atom stereocenters. The molecule has 0 amide bonds. The van der Waals surface area contributed by atoms with Gasteiger partial charge in [-0.05, 0) is 29.9 Å². The van der Waals surface area contributed by atoms with Crippen molar-refractivity contribution in [1.29, 1.82) is 0 Å². The SMILES string of the molecule is CC(C)(C)c1ccc2c(c1)[C@H]1CCCO[C@H]1O2. The van der Waals surface area contributed by atoms with E-state index in [0.717, 1.165) is 18.8 Å². The van der Waals surface area contributed by atoms with E-state index >= 15 is 0 Å². The molecule has 1 aromatic rings. The third kappa shape index (κ3) is 1.85. The van der Waals surface area contributed by atoms with E-state index in [1.54, 1.807) is 0 Å². The van der Waals surface area contributed by atoms with Crippen molar-refractivity contribution in [2.75, 3.05) is 6.61 Å². The van der Waals surface area contributed by atoms with E-state index in [9.17, 15) is 0 Å². The van der Waals surface area contributed by atoms with E-state index in [0.29, 0.717) is 5.92 Å². The molecule has 0 spiro atoms. The predicted molar refractivity (Wildman–Crippen MR) is 67.5 cm³/mol. The molecular weight excluding hydrogens is 212 g/mol. The Bertz CT molecular complexity index is 431. The minimum Gasteiger partial charge on any atom is -0.464 e. The van der Waals surface area contributed by atoms with Crippen molar-refractivity contribution < 1.29 is 9.47 Å². The zero-order chi connectivity index (χ0) is 12.0. The van der Waals surface area contributed by atoms with Crippen molar-refractivity contribution in [3.05, 3.63) is 29.3 Å². The smallest absolute Gasteiger partial charge is 0.206 e. The van der Waals surface area contributed by atoms with Crippen LogP contribution in [-0.2, 0) is 10.2 Å². The molecule has 2 heterocycles. The highest BCUT2D eigenvalue weighted by Gasteiger charge is 2.37. The van der Waals surface area contributed by atoms with Gasteiger partial charge in [0.05, 0.1) is 12.5 Å². The first-order valence-electron chi connectivity index (χ1n) is 6.48.